The molecule has 5 heteroatoms. The van der Waals surface area contributed by atoms with Gasteiger partial charge in [-0.3, -0.25) is 14.4 Å². The minimum atomic E-state index is -1.39. The second-order valence-electron chi connectivity index (χ2n) is 6.34. The van der Waals surface area contributed by atoms with E-state index in [1.165, 1.54) is 0 Å². The summed E-state index contributed by atoms with van der Waals surface area (Å²) in [6, 6.07) is 13.7. The van der Waals surface area contributed by atoms with Gasteiger partial charge < -0.3 is 4.74 Å². The molecule has 2 aliphatic carbocycles. The molecule has 1 saturated carbocycles. The van der Waals surface area contributed by atoms with E-state index in [0.717, 1.165) is 0 Å². The molecule has 4 nitrogen and oxygen atoms in total. The first-order valence-electron chi connectivity index (χ1n) is 8.14. The van der Waals surface area contributed by atoms with Crippen LogP contribution in [0.1, 0.15) is 39.1 Å². The molecule has 0 amide bonds. The van der Waals surface area contributed by atoms with Gasteiger partial charge in [-0.1, -0.05) is 48.0 Å². The van der Waals surface area contributed by atoms with Gasteiger partial charge in [0, 0.05) is 22.1 Å². The van der Waals surface area contributed by atoms with E-state index in [9.17, 15) is 14.4 Å². The summed E-state index contributed by atoms with van der Waals surface area (Å²) in [6.45, 7) is 1.90. The molecular weight excluding hydrogens is 340 g/mol. The van der Waals surface area contributed by atoms with Crippen molar-refractivity contribution in [3.05, 3.63) is 70.2 Å². The molecule has 0 heterocycles. The van der Waals surface area contributed by atoms with E-state index in [4.69, 9.17) is 16.3 Å². The van der Waals surface area contributed by atoms with Crippen LogP contribution in [0.15, 0.2) is 48.5 Å². The third-order valence-corrected chi connectivity index (χ3v) is 5.36. The first kappa shape index (κ1) is 16.0. The van der Waals surface area contributed by atoms with Gasteiger partial charge in [-0.15, -0.1) is 0 Å². The molecule has 2 atom stereocenters. The van der Waals surface area contributed by atoms with E-state index in [1.807, 2.05) is 0 Å². The molecule has 4 rings (SSSR count). The summed E-state index contributed by atoms with van der Waals surface area (Å²) in [7, 11) is 0. The highest BCUT2D eigenvalue weighted by molar-refractivity contribution is 6.34. The number of rotatable bonds is 3. The fourth-order valence-corrected chi connectivity index (χ4v) is 4.29. The van der Waals surface area contributed by atoms with Crippen LogP contribution in [0.3, 0.4) is 0 Å². The summed E-state index contributed by atoms with van der Waals surface area (Å²) in [5.74, 6) is -2.45. The van der Waals surface area contributed by atoms with Crippen LogP contribution >= 0.6 is 11.6 Å². The average Bonchev–Trinajstić information content (AvgIpc) is 3.26. The molecule has 0 radical (unpaired) electrons. The number of halogens is 1. The van der Waals surface area contributed by atoms with Gasteiger partial charge in [0.1, 0.15) is 5.41 Å². The number of ketones is 2. The number of carbonyl (C=O) groups is 3. The van der Waals surface area contributed by atoms with Crippen molar-refractivity contribution in [3.63, 3.8) is 0 Å². The van der Waals surface area contributed by atoms with Crippen molar-refractivity contribution < 1.29 is 19.1 Å². The Labute approximate surface area is 149 Å². The van der Waals surface area contributed by atoms with Crippen LogP contribution < -0.4 is 0 Å². The smallest absolute Gasteiger partial charge is 0.311 e. The fraction of sp³-hybridized carbons (Fsp3) is 0.250. The quantitative estimate of drug-likeness (QED) is 0.623. The molecule has 2 aromatic carbocycles. The van der Waals surface area contributed by atoms with Crippen LogP contribution in [0.2, 0.25) is 5.02 Å². The van der Waals surface area contributed by atoms with Gasteiger partial charge in [-0.25, -0.2) is 0 Å². The second kappa shape index (κ2) is 5.53. The Morgan fingerprint density at radius 3 is 2.28 bits per heavy atom. The summed E-state index contributed by atoms with van der Waals surface area (Å²) in [5.41, 5.74) is 0.0818. The van der Waals surface area contributed by atoms with Crippen LogP contribution in [0.4, 0.5) is 0 Å². The minimum absolute atomic E-state index is 0.197. The van der Waals surface area contributed by atoms with Gasteiger partial charge in [0.25, 0.3) is 0 Å². The number of esters is 1. The molecule has 0 saturated heterocycles. The Hall–Kier alpha value is -2.46. The predicted molar refractivity (Wildman–Crippen MR) is 91.9 cm³/mol. The number of Topliss-reactive ketones (excluding diaryl/α,β-unsaturated/α-hetero) is 2. The summed E-state index contributed by atoms with van der Waals surface area (Å²) >= 11 is 6.08. The Morgan fingerprint density at radius 1 is 1.08 bits per heavy atom. The second-order valence-corrected chi connectivity index (χ2v) is 6.77. The lowest BCUT2D eigenvalue weighted by atomic mass is 9.93. The standard InChI is InChI=1S/C20H15ClO4/c1-2-25-19(24)16-15(11-6-5-7-12(21)10-11)20(16)17(22)13-8-3-4-9-14(13)18(20)23/h3-10,15-16H,2H2,1H3/t15-,16+/m0/s1. The van der Waals surface area contributed by atoms with Crippen LogP contribution in [0.25, 0.3) is 0 Å². The van der Waals surface area contributed by atoms with E-state index < -0.39 is 23.2 Å². The van der Waals surface area contributed by atoms with Crippen LogP contribution in [0, 0.1) is 11.3 Å². The molecule has 0 aromatic heterocycles. The molecule has 0 N–H and O–H groups in total. The number of benzene rings is 2. The number of hydrogen-bond donors (Lipinski definition) is 0. The summed E-state index contributed by atoms with van der Waals surface area (Å²) < 4.78 is 5.15. The number of carbonyl (C=O) groups excluding carboxylic acids is 3. The van der Waals surface area contributed by atoms with Gasteiger partial charge in [0.05, 0.1) is 12.5 Å². The molecule has 0 bridgehead atoms. The molecule has 1 fully saturated rings. The zero-order valence-electron chi connectivity index (χ0n) is 13.5. The molecule has 1 spiro atoms. The van der Waals surface area contributed by atoms with Crippen molar-refractivity contribution in [1.29, 1.82) is 0 Å². The van der Waals surface area contributed by atoms with Gasteiger partial charge in [-0.05, 0) is 24.6 Å². The molecule has 2 aromatic rings. The Balaban J connectivity index is 1.86. The summed E-state index contributed by atoms with van der Waals surface area (Å²) in [6.07, 6.45) is 0. The zero-order chi connectivity index (χ0) is 17.8. The highest BCUT2D eigenvalue weighted by atomic mass is 35.5. The molecule has 2 aliphatic rings. The first-order valence-corrected chi connectivity index (χ1v) is 8.52. The van der Waals surface area contributed by atoms with Crippen molar-refractivity contribution in [2.24, 2.45) is 11.3 Å². The first-order chi connectivity index (χ1) is 12.0. The van der Waals surface area contributed by atoms with Crippen molar-refractivity contribution in [2.75, 3.05) is 6.61 Å². The number of fused-ring (bicyclic) bond motifs is 1. The summed E-state index contributed by atoms with van der Waals surface area (Å²) in [4.78, 5) is 38.8. The molecule has 0 aliphatic heterocycles. The Bertz CT molecular complexity index is 882. The van der Waals surface area contributed by atoms with Gasteiger partial charge in [0.2, 0.25) is 0 Å². The normalized spacial score (nSPS) is 22.8. The van der Waals surface area contributed by atoms with Crippen molar-refractivity contribution in [3.8, 4) is 0 Å². The highest BCUT2D eigenvalue weighted by Gasteiger charge is 2.79. The van der Waals surface area contributed by atoms with Crippen molar-refractivity contribution >= 4 is 29.1 Å². The lowest BCUT2D eigenvalue weighted by Crippen LogP contribution is -2.24. The predicted octanol–water partition coefficient (Wildman–Crippen LogP) is 3.68. The number of ether oxygens (including phenoxy) is 1. The summed E-state index contributed by atoms with van der Waals surface area (Å²) in [5, 5.41) is 0.498. The minimum Gasteiger partial charge on any atom is -0.466 e. The van der Waals surface area contributed by atoms with E-state index in [0.29, 0.717) is 21.7 Å². The molecule has 25 heavy (non-hydrogen) atoms. The van der Waals surface area contributed by atoms with Crippen molar-refractivity contribution in [2.45, 2.75) is 12.8 Å². The van der Waals surface area contributed by atoms with Crippen LogP contribution in [-0.2, 0) is 9.53 Å². The van der Waals surface area contributed by atoms with Crippen molar-refractivity contribution in [1.82, 2.24) is 0 Å². The third kappa shape index (κ3) is 2.04. The van der Waals surface area contributed by atoms with E-state index in [2.05, 4.69) is 0 Å². The lowest BCUT2D eigenvalue weighted by Gasteiger charge is -2.07. The maximum absolute atomic E-state index is 13.1. The van der Waals surface area contributed by atoms with E-state index >= 15 is 0 Å². The number of hydrogen-bond acceptors (Lipinski definition) is 4. The lowest BCUT2D eigenvalue weighted by molar-refractivity contribution is -0.145. The maximum atomic E-state index is 13.1. The SMILES string of the molecule is CCOC(=O)[C@H]1[C@H](c2cccc(Cl)c2)C12C(=O)c1ccccc1C2=O. The average molecular weight is 355 g/mol. The monoisotopic (exact) mass is 354 g/mol. The topological polar surface area (TPSA) is 60.4 Å². The van der Waals surface area contributed by atoms with Crippen LogP contribution in [0.5, 0.6) is 0 Å². The van der Waals surface area contributed by atoms with Gasteiger partial charge >= 0.3 is 5.97 Å². The fourth-order valence-electron chi connectivity index (χ4n) is 4.09. The molecule has 0 unspecified atom stereocenters. The van der Waals surface area contributed by atoms with E-state index in [1.54, 1.807) is 55.5 Å². The maximum Gasteiger partial charge on any atom is 0.311 e. The zero-order valence-corrected chi connectivity index (χ0v) is 14.2. The van der Waals surface area contributed by atoms with Gasteiger partial charge in [-0.2, -0.15) is 0 Å². The van der Waals surface area contributed by atoms with Crippen LogP contribution in [-0.4, -0.2) is 24.1 Å². The van der Waals surface area contributed by atoms with E-state index in [-0.39, 0.29) is 18.2 Å². The largest absolute Gasteiger partial charge is 0.466 e. The Morgan fingerprint density at radius 2 is 1.72 bits per heavy atom. The highest BCUT2D eigenvalue weighted by Crippen LogP contribution is 2.70. The molecular formula is C20H15ClO4. The molecule has 126 valence electrons. The third-order valence-electron chi connectivity index (χ3n) is 5.12. The van der Waals surface area contributed by atoms with Gasteiger partial charge in [0.15, 0.2) is 11.6 Å². The Kier molecular flexibility index (Phi) is 3.55.